The SMILES string of the molecule is CC[C@H](C(=N)C(=O)[C@@H](NC(=O)[C@H](C)NC)C1CCCCC1)c1cncc(N2CCc3cc(F)ccc32)c1. The number of likely N-dealkylation sites (N-methyl/N-ethyl adjacent to an activating group) is 1. The standard InChI is InChI=1S/C29H38FN5O2/c1-4-24(21-15-23(17-33-16-21)35-13-12-20-14-22(30)10-11-25(20)35)26(31)28(36)27(19-8-6-5-7-9-19)34-29(37)18(2)32-3/h10-11,14-19,24,27,31-32H,4-9,12-13H2,1-3H3,(H,34,37)/t18-,24-,27-/m0/s1. The van der Waals surface area contributed by atoms with E-state index >= 15 is 0 Å². The van der Waals surface area contributed by atoms with Gasteiger partial charge in [-0.15, -0.1) is 0 Å². The predicted molar refractivity (Wildman–Crippen MR) is 144 cm³/mol. The monoisotopic (exact) mass is 507 g/mol. The Kier molecular flexibility index (Phi) is 8.69. The highest BCUT2D eigenvalue weighted by Crippen LogP contribution is 2.36. The summed E-state index contributed by atoms with van der Waals surface area (Å²) in [5, 5.41) is 14.9. The molecule has 1 aromatic heterocycles. The Bertz CT molecular complexity index is 1150. The minimum Gasteiger partial charge on any atom is -0.344 e. The van der Waals surface area contributed by atoms with E-state index in [2.05, 4.69) is 20.5 Å². The number of halogens is 1. The third-order valence-corrected chi connectivity index (χ3v) is 7.95. The predicted octanol–water partition coefficient (Wildman–Crippen LogP) is 4.67. The summed E-state index contributed by atoms with van der Waals surface area (Å²) in [5.41, 5.74) is 3.59. The average molecular weight is 508 g/mol. The quantitative estimate of drug-likeness (QED) is 0.406. The molecule has 7 nitrogen and oxygen atoms in total. The fourth-order valence-electron chi connectivity index (χ4n) is 5.64. The summed E-state index contributed by atoms with van der Waals surface area (Å²) >= 11 is 0. The zero-order valence-corrected chi connectivity index (χ0v) is 22.0. The van der Waals surface area contributed by atoms with Gasteiger partial charge in [-0.1, -0.05) is 26.2 Å². The lowest BCUT2D eigenvalue weighted by molar-refractivity contribution is -0.127. The lowest BCUT2D eigenvalue weighted by atomic mass is 9.78. The number of amides is 1. The third kappa shape index (κ3) is 5.90. The van der Waals surface area contributed by atoms with Gasteiger partial charge < -0.3 is 20.9 Å². The molecule has 4 rings (SSSR count). The number of hydrogen-bond donors (Lipinski definition) is 3. The van der Waals surface area contributed by atoms with Crippen LogP contribution in [0.3, 0.4) is 0 Å². The summed E-state index contributed by atoms with van der Waals surface area (Å²) in [6.07, 6.45) is 9.75. The number of rotatable bonds is 10. The highest BCUT2D eigenvalue weighted by atomic mass is 19.1. The van der Waals surface area contributed by atoms with E-state index < -0.39 is 18.0 Å². The van der Waals surface area contributed by atoms with E-state index in [1.54, 1.807) is 38.5 Å². The molecule has 3 N–H and O–H groups in total. The van der Waals surface area contributed by atoms with Gasteiger partial charge in [-0.05, 0) is 81.0 Å². The number of nitrogens with zero attached hydrogens (tertiary/aromatic N) is 2. The molecule has 0 bridgehead atoms. The number of nitrogens with one attached hydrogen (secondary N) is 3. The van der Waals surface area contributed by atoms with Gasteiger partial charge in [0.05, 0.1) is 29.7 Å². The lowest BCUT2D eigenvalue weighted by Gasteiger charge is -2.32. The molecule has 0 saturated heterocycles. The van der Waals surface area contributed by atoms with Gasteiger partial charge >= 0.3 is 0 Å². The van der Waals surface area contributed by atoms with Crippen molar-refractivity contribution in [3.8, 4) is 0 Å². The van der Waals surface area contributed by atoms with Crippen LogP contribution in [0, 0.1) is 17.1 Å². The fourth-order valence-corrected chi connectivity index (χ4v) is 5.64. The van der Waals surface area contributed by atoms with E-state index in [4.69, 9.17) is 5.41 Å². The number of fused-ring (bicyclic) bond motifs is 1. The molecular formula is C29H38FN5O2. The Labute approximate surface area is 218 Å². The van der Waals surface area contributed by atoms with E-state index in [-0.39, 0.29) is 29.1 Å². The van der Waals surface area contributed by atoms with Crippen LogP contribution in [0.2, 0.25) is 0 Å². The highest BCUT2D eigenvalue weighted by Gasteiger charge is 2.36. The molecule has 1 fully saturated rings. The summed E-state index contributed by atoms with van der Waals surface area (Å²) in [5.74, 6) is -1.16. The maximum absolute atomic E-state index is 13.8. The Hall–Kier alpha value is -3.13. The molecule has 2 aromatic rings. The van der Waals surface area contributed by atoms with Gasteiger partial charge in [0, 0.05) is 24.3 Å². The van der Waals surface area contributed by atoms with Gasteiger partial charge in [0.15, 0.2) is 5.78 Å². The van der Waals surface area contributed by atoms with Crippen LogP contribution in [-0.2, 0) is 16.0 Å². The van der Waals surface area contributed by atoms with Gasteiger partial charge in [-0.3, -0.25) is 14.6 Å². The zero-order valence-electron chi connectivity index (χ0n) is 22.0. The number of pyridine rings is 1. The van der Waals surface area contributed by atoms with Gasteiger partial charge in [0.2, 0.25) is 5.91 Å². The molecule has 1 aliphatic heterocycles. The normalized spacial score (nSPS) is 18.1. The van der Waals surface area contributed by atoms with Crippen molar-refractivity contribution < 1.29 is 14.0 Å². The van der Waals surface area contributed by atoms with Gasteiger partial charge in [0.25, 0.3) is 0 Å². The second-order valence-electron chi connectivity index (χ2n) is 10.3. The third-order valence-electron chi connectivity index (χ3n) is 7.95. The van der Waals surface area contributed by atoms with Crippen LogP contribution >= 0.6 is 0 Å². The minimum absolute atomic E-state index is 0.0123. The lowest BCUT2D eigenvalue weighted by Crippen LogP contribution is -2.53. The molecule has 198 valence electrons. The number of hydrogen-bond acceptors (Lipinski definition) is 6. The van der Waals surface area contributed by atoms with Crippen molar-refractivity contribution in [2.45, 2.75) is 76.8 Å². The van der Waals surface area contributed by atoms with Crippen molar-refractivity contribution in [1.29, 1.82) is 5.41 Å². The van der Waals surface area contributed by atoms with Crippen molar-refractivity contribution in [2.24, 2.45) is 5.92 Å². The molecule has 3 atom stereocenters. The Morgan fingerprint density at radius 3 is 2.65 bits per heavy atom. The molecule has 37 heavy (non-hydrogen) atoms. The van der Waals surface area contributed by atoms with Gasteiger partial charge in [-0.2, -0.15) is 0 Å². The van der Waals surface area contributed by atoms with E-state index in [1.165, 1.54) is 6.07 Å². The first-order valence-electron chi connectivity index (χ1n) is 13.4. The molecule has 1 saturated carbocycles. The first-order valence-corrected chi connectivity index (χ1v) is 13.4. The highest BCUT2D eigenvalue weighted by molar-refractivity contribution is 6.42. The number of carbonyl (C=O) groups is 2. The van der Waals surface area contributed by atoms with Crippen LogP contribution < -0.4 is 15.5 Å². The van der Waals surface area contributed by atoms with Crippen LogP contribution in [0.25, 0.3) is 0 Å². The molecule has 1 aromatic carbocycles. The topological polar surface area (TPSA) is 98.2 Å². The number of anilines is 2. The minimum atomic E-state index is -0.693. The fraction of sp³-hybridized carbons (Fsp3) is 0.517. The summed E-state index contributed by atoms with van der Waals surface area (Å²) in [6.45, 7) is 4.45. The van der Waals surface area contributed by atoms with Crippen LogP contribution in [0.15, 0.2) is 36.7 Å². The van der Waals surface area contributed by atoms with Crippen molar-refractivity contribution >= 4 is 28.8 Å². The van der Waals surface area contributed by atoms with E-state index in [9.17, 15) is 14.0 Å². The Morgan fingerprint density at radius 1 is 1.19 bits per heavy atom. The first kappa shape index (κ1) is 26.9. The van der Waals surface area contributed by atoms with E-state index in [1.807, 2.05) is 13.0 Å². The maximum Gasteiger partial charge on any atom is 0.237 e. The second kappa shape index (κ2) is 11.9. The van der Waals surface area contributed by atoms with Gasteiger partial charge in [0.1, 0.15) is 5.82 Å². The van der Waals surface area contributed by atoms with Gasteiger partial charge in [-0.25, -0.2) is 4.39 Å². The summed E-state index contributed by atoms with van der Waals surface area (Å²) in [7, 11) is 1.71. The maximum atomic E-state index is 13.8. The average Bonchev–Trinajstić information content (AvgIpc) is 3.34. The molecular weight excluding hydrogens is 469 g/mol. The van der Waals surface area contributed by atoms with E-state index in [0.29, 0.717) is 6.42 Å². The van der Waals surface area contributed by atoms with Crippen molar-refractivity contribution in [3.63, 3.8) is 0 Å². The number of Topliss-reactive ketones (excluding diaryl/α,β-unsaturated/α-hetero) is 1. The molecule has 2 aliphatic rings. The van der Waals surface area contributed by atoms with Crippen LogP contribution in [0.4, 0.5) is 15.8 Å². The van der Waals surface area contributed by atoms with E-state index in [0.717, 1.165) is 67.6 Å². The zero-order chi connectivity index (χ0) is 26.5. The second-order valence-corrected chi connectivity index (χ2v) is 10.3. The molecule has 2 heterocycles. The van der Waals surface area contributed by atoms with Crippen molar-refractivity contribution in [2.75, 3.05) is 18.5 Å². The summed E-state index contributed by atoms with van der Waals surface area (Å²) in [4.78, 5) is 33.1. The van der Waals surface area contributed by atoms with Crippen LogP contribution in [0.5, 0.6) is 0 Å². The number of carbonyl (C=O) groups excluding carboxylic acids is 2. The molecule has 8 heteroatoms. The Balaban J connectivity index is 1.58. The number of benzene rings is 1. The van der Waals surface area contributed by atoms with Crippen LogP contribution in [-0.4, -0.2) is 48.1 Å². The smallest absolute Gasteiger partial charge is 0.237 e. The number of aromatic nitrogens is 1. The molecule has 1 amide bonds. The molecule has 1 aliphatic carbocycles. The largest absolute Gasteiger partial charge is 0.344 e. The Morgan fingerprint density at radius 2 is 1.95 bits per heavy atom. The van der Waals surface area contributed by atoms with Crippen molar-refractivity contribution in [1.82, 2.24) is 15.6 Å². The summed E-state index contributed by atoms with van der Waals surface area (Å²) < 4.78 is 13.7. The van der Waals surface area contributed by atoms with Crippen LogP contribution in [0.1, 0.15) is 69.4 Å². The molecule has 0 radical (unpaired) electrons. The molecule has 0 spiro atoms. The molecule has 0 unspecified atom stereocenters. The first-order chi connectivity index (χ1) is 17.8. The van der Waals surface area contributed by atoms with Crippen molar-refractivity contribution in [3.05, 3.63) is 53.6 Å². The number of ketones is 1. The summed E-state index contributed by atoms with van der Waals surface area (Å²) in [6, 6.07) is 5.70.